The van der Waals surface area contributed by atoms with Crippen molar-refractivity contribution in [1.29, 1.82) is 5.26 Å². The van der Waals surface area contributed by atoms with Crippen LogP contribution in [0, 0.1) is 11.3 Å². The van der Waals surface area contributed by atoms with Crippen LogP contribution >= 0.6 is 11.3 Å². The number of thiophene rings is 1. The molecule has 1 amide bonds. The minimum absolute atomic E-state index is 0.535. The Labute approximate surface area is 74.6 Å². The molecule has 0 spiro atoms. The van der Waals surface area contributed by atoms with Gasteiger partial charge < -0.3 is 5.32 Å². The van der Waals surface area contributed by atoms with E-state index in [1.165, 1.54) is 10.9 Å². The molecule has 1 heterocycles. The zero-order valence-corrected chi connectivity index (χ0v) is 7.23. The van der Waals surface area contributed by atoms with Gasteiger partial charge in [-0.25, -0.2) is 0 Å². The molecule has 1 rings (SSSR count). The van der Waals surface area contributed by atoms with Crippen LogP contribution in [0.25, 0.3) is 0 Å². The van der Waals surface area contributed by atoms with Crippen molar-refractivity contribution in [3.05, 3.63) is 22.4 Å². The summed E-state index contributed by atoms with van der Waals surface area (Å²) in [5, 5.41) is 12.6. The van der Waals surface area contributed by atoms with Crippen LogP contribution in [0.2, 0.25) is 0 Å². The molecule has 0 aromatic carbocycles. The van der Waals surface area contributed by atoms with Crippen molar-refractivity contribution in [1.82, 2.24) is 5.32 Å². The Bertz CT molecular complexity index is 287. The monoisotopic (exact) mass is 180 g/mol. The van der Waals surface area contributed by atoms with Gasteiger partial charge in [0.25, 0.3) is 0 Å². The first kappa shape index (κ1) is 8.75. The van der Waals surface area contributed by atoms with Crippen molar-refractivity contribution in [2.45, 2.75) is 6.42 Å². The van der Waals surface area contributed by atoms with Crippen molar-refractivity contribution in [3.63, 3.8) is 0 Å². The molecular formula is C8H8N2OS. The van der Waals surface area contributed by atoms with Gasteiger partial charge in [-0.3, -0.25) is 4.79 Å². The minimum atomic E-state index is -0.563. The fraction of sp³-hybridized carbons (Fsp3) is 0.250. The van der Waals surface area contributed by atoms with Gasteiger partial charge in [0, 0.05) is 11.4 Å². The largest absolute Gasteiger partial charge is 0.343 e. The van der Waals surface area contributed by atoms with Crippen LogP contribution in [-0.2, 0) is 11.2 Å². The number of hydrogen-bond donors (Lipinski definition) is 1. The molecule has 1 N–H and O–H groups in total. The summed E-state index contributed by atoms with van der Waals surface area (Å²) in [6.45, 7) is 0.535. The Morgan fingerprint density at radius 3 is 3.17 bits per heavy atom. The smallest absolute Gasteiger partial charge is 0.322 e. The quantitative estimate of drug-likeness (QED) is 0.703. The van der Waals surface area contributed by atoms with E-state index in [1.807, 2.05) is 17.5 Å². The molecule has 3 nitrogen and oxygen atoms in total. The Kier molecular flexibility index (Phi) is 3.30. The van der Waals surface area contributed by atoms with Crippen LogP contribution < -0.4 is 5.32 Å². The molecule has 0 aliphatic carbocycles. The molecule has 4 heteroatoms. The average Bonchev–Trinajstić information content (AvgIpc) is 2.57. The normalized spacial score (nSPS) is 8.92. The molecule has 0 saturated heterocycles. The third-order valence-electron chi connectivity index (χ3n) is 1.34. The lowest BCUT2D eigenvalue weighted by Crippen LogP contribution is -2.23. The molecule has 0 bridgehead atoms. The van der Waals surface area contributed by atoms with E-state index >= 15 is 0 Å². The number of hydrogen-bond acceptors (Lipinski definition) is 3. The van der Waals surface area contributed by atoms with Crippen LogP contribution in [0.1, 0.15) is 4.88 Å². The van der Waals surface area contributed by atoms with Gasteiger partial charge in [0.1, 0.15) is 0 Å². The highest BCUT2D eigenvalue weighted by Crippen LogP contribution is 2.07. The summed E-state index contributed by atoms with van der Waals surface area (Å²) in [5.41, 5.74) is 0. The highest BCUT2D eigenvalue weighted by atomic mass is 32.1. The summed E-state index contributed by atoms with van der Waals surface area (Å²) < 4.78 is 0. The molecule has 1 aromatic rings. The maximum absolute atomic E-state index is 10.5. The van der Waals surface area contributed by atoms with Gasteiger partial charge in [-0.15, -0.1) is 11.3 Å². The van der Waals surface area contributed by atoms with Crippen molar-refractivity contribution in [2.24, 2.45) is 0 Å². The van der Waals surface area contributed by atoms with E-state index in [1.54, 1.807) is 11.3 Å². The van der Waals surface area contributed by atoms with E-state index < -0.39 is 5.91 Å². The summed E-state index contributed by atoms with van der Waals surface area (Å²) in [6.07, 6.45) is 0.797. The number of nitriles is 1. The first-order valence-corrected chi connectivity index (χ1v) is 4.41. The number of carbonyl (C=O) groups excluding carboxylic acids is 1. The molecule has 0 unspecified atom stereocenters. The Morgan fingerprint density at radius 2 is 2.58 bits per heavy atom. The zero-order valence-electron chi connectivity index (χ0n) is 6.41. The summed E-state index contributed by atoms with van der Waals surface area (Å²) in [7, 11) is 0. The fourth-order valence-corrected chi connectivity index (χ4v) is 1.50. The second-order valence-corrected chi connectivity index (χ2v) is 3.23. The second-order valence-electron chi connectivity index (χ2n) is 2.20. The number of amides is 1. The van der Waals surface area contributed by atoms with Crippen molar-refractivity contribution in [3.8, 4) is 6.07 Å². The second kappa shape index (κ2) is 4.52. The lowest BCUT2D eigenvalue weighted by atomic mass is 10.3. The number of nitrogens with one attached hydrogen (secondary N) is 1. The van der Waals surface area contributed by atoms with Gasteiger partial charge >= 0.3 is 5.91 Å². The molecule has 0 radical (unpaired) electrons. The first-order valence-electron chi connectivity index (χ1n) is 3.53. The number of rotatable bonds is 3. The Balaban J connectivity index is 2.20. The van der Waals surface area contributed by atoms with Gasteiger partial charge in [-0.1, -0.05) is 6.07 Å². The van der Waals surface area contributed by atoms with E-state index in [0.29, 0.717) is 6.54 Å². The van der Waals surface area contributed by atoms with Crippen LogP contribution in [0.5, 0.6) is 0 Å². The van der Waals surface area contributed by atoms with Crippen molar-refractivity contribution in [2.75, 3.05) is 6.54 Å². The summed E-state index contributed by atoms with van der Waals surface area (Å²) in [5.74, 6) is -0.563. The van der Waals surface area contributed by atoms with E-state index in [-0.39, 0.29) is 0 Å². The highest BCUT2D eigenvalue weighted by molar-refractivity contribution is 7.09. The summed E-state index contributed by atoms with van der Waals surface area (Å²) in [4.78, 5) is 11.7. The first-order chi connectivity index (χ1) is 5.83. The highest BCUT2D eigenvalue weighted by Gasteiger charge is 1.97. The van der Waals surface area contributed by atoms with Gasteiger partial charge in [-0.05, 0) is 17.9 Å². The van der Waals surface area contributed by atoms with Gasteiger partial charge in [0.15, 0.2) is 6.07 Å². The number of carbonyl (C=O) groups is 1. The minimum Gasteiger partial charge on any atom is -0.343 e. The van der Waals surface area contributed by atoms with Gasteiger partial charge in [0.2, 0.25) is 0 Å². The third kappa shape index (κ3) is 2.72. The maximum atomic E-state index is 10.5. The molecule has 0 aliphatic rings. The molecule has 62 valence electrons. The Morgan fingerprint density at radius 1 is 1.75 bits per heavy atom. The molecule has 12 heavy (non-hydrogen) atoms. The predicted molar refractivity (Wildman–Crippen MR) is 46.6 cm³/mol. The third-order valence-corrected chi connectivity index (χ3v) is 2.27. The molecule has 0 fully saturated rings. The van der Waals surface area contributed by atoms with Crippen LogP contribution in [-0.4, -0.2) is 12.5 Å². The molecule has 0 saturated carbocycles. The van der Waals surface area contributed by atoms with E-state index in [4.69, 9.17) is 5.26 Å². The lowest BCUT2D eigenvalue weighted by molar-refractivity contribution is -0.115. The van der Waals surface area contributed by atoms with Crippen LogP contribution in [0.4, 0.5) is 0 Å². The molecule has 0 aliphatic heterocycles. The molecule has 1 aromatic heterocycles. The van der Waals surface area contributed by atoms with Crippen molar-refractivity contribution >= 4 is 17.2 Å². The fourth-order valence-electron chi connectivity index (χ4n) is 0.794. The standard InChI is InChI=1S/C8H8N2OS/c9-6-8(11)10-4-3-7-2-1-5-12-7/h1-2,5H,3-4H2,(H,10,11). The maximum Gasteiger partial charge on any atom is 0.322 e. The van der Waals surface area contributed by atoms with Crippen LogP contribution in [0.15, 0.2) is 17.5 Å². The van der Waals surface area contributed by atoms with Crippen LogP contribution in [0.3, 0.4) is 0 Å². The van der Waals surface area contributed by atoms with E-state index in [0.717, 1.165) is 6.42 Å². The molecule has 0 atom stereocenters. The van der Waals surface area contributed by atoms with Gasteiger partial charge in [0.05, 0.1) is 0 Å². The summed E-state index contributed by atoms with van der Waals surface area (Å²) >= 11 is 1.65. The lowest BCUT2D eigenvalue weighted by Gasteiger charge is -1.96. The average molecular weight is 180 g/mol. The van der Waals surface area contributed by atoms with E-state index in [9.17, 15) is 4.79 Å². The predicted octanol–water partition coefficient (Wildman–Crippen LogP) is 0.930. The van der Waals surface area contributed by atoms with Gasteiger partial charge in [-0.2, -0.15) is 5.26 Å². The topological polar surface area (TPSA) is 52.9 Å². The zero-order chi connectivity index (χ0) is 8.81. The number of nitrogens with zero attached hydrogens (tertiary/aromatic N) is 1. The Hall–Kier alpha value is -1.34. The SMILES string of the molecule is N#CC(=O)NCCc1cccs1. The molecular weight excluding hydrogens is 172 g/mol. The van der Waals surface area contributed by atoms with Crippen molar-refractivity contribution < 1.29 is 4.79 Å². The summed E-state index contributed by atoms with van der Waals surface area (Å²) in [6, 6.07) is 5.47. The van der Waals surface area contributed by atoms with E-state index in [2.05, 4.69) is 5.32 Å².